The van der Waals surface area contributed by atoms with Gasteiger partial charge in [-0.1, -0.05) is 29.1 Å². The Morgan fingerprint density at radius 1 is 1.13 bits per heavy atom. The maximum atomic E-state index is 13.1. The van der Waals surface area contributed by atoms with E-state index in [0.717, 1.165) is 4.90 Å². The SMILES string of the molecule is C#CCOc1c(Cl)cc(Cl)cc1/C=C1\C(=O)NC(=O)N(c2ccc(OCC)cc2)C1=O. The minimum absolute atomic E-state index is 0.0888. The van der Waals surface area contributed by atoms with Crippen molar-refractivity contribution >= 4 is 52.8 Å². The van der Waals surface area contributed by atoms with Gasteiger partial charge >= 0.3 is 6.03 Å². The number of nitrogens with one attached hydrogen (secondary N) is 1. The van der Waals surface area contributed by atoms with E-state index in [1.54, 1.807) is 12.1 Å². The van der Waals surface area contributed by atoms with E-state index < -0.39 is 17.8 Å². The predicted octanol–water partition coefficient (Wildman–Crippen LogP) is 4.07. The molecule has 7 nitrogen and oxygen atoms in total. The molecule has 0 bridgehead atoms. The number of benzene rings is 2. The lowest BCUT2D eigenvalue weighted by Gasteiger charge is -2.26. The van der Waals surface area contributed by atoms with Crippen LogP contribution in [-0.2, 0) is 9.59 Å². The van der Waals surface area contributed by atoms with Gasteiger partial charge in [0.05, 0.1) is 17.3 Å². The van der Waals surface area contributed by atoms with Gasteiger partial charge in [0.1, 0.15) is 23.7 Å². The maximum absolute atomic E-state index is 13.1. The van der Waals surface area contributed by atoms with Crippen LogP contribution in [0.3, 0.4) is 0 Å². The van der Waals surface area contributed by atoms with Crippen molar-refractivity contribution in [2.75, 3.05) is 18.1 Å². The number of imide groups is 2. The number of barbiturate groups is 1. The lowest BCUT2D eigenvalue weighted by Crippen LogP contribution is -2.54. The lowest BCUT2D eigenvalue weighted by atomic mass is 10.1. The Kier molecular flexibility index (Phi) is 6.85. The summed E-state index contributed by atoms with van der Waals surface area (Å²) in [6.07, 6.45) is 6.48. The van der Waals surface area contributed by atoms with Crippen LogP contribution in [0.5, 0.6) is 11.5 Å². The van der Waals surface area contributed by atoms with Crippen LogP contribution in [0.25, 0.3) is 6.08 Å². The van der Waals surface area contributed by atoms with Crippen molar-refractivity contribution in [1.82, 2.24) is 5.32 Å². The highest BCUT2D eigenvalue weighted by atomic mass is 35.5. The molecule has 1 saturated heterocycles. The molecule has 1 aliphatic heterocycles. The van der Waals surface area contributed by atoms with Crippen LogP contribution >= 0.6 is 23.2 Å². The average Bonchev–Trinajstić information content (AvgIpc) is 2.71. The van der Waals surface area contributed by atoms with Gasteiger partial charge in [-0.2, -0.15) is 0 Å². The topological polar surface area (TPSA) is 84.9 Å². The smallest absolute Gasteiger partial charge is 0.335 e. The number of nitrogens with zero attached hydrogens (tertiary/aromatic N) is 1. The molecular weight excluding hydrogens is 443 g/mol. The zero-order valence-corrected chi connectivity index (χ0v) is 17.8. The number of terminal acetylenes is 1. The number of ether oxygens (including phenoxy) is 2. The number of carbonyl (C=O) groups excluding carboxylic acids is 3. The fraction of sp³-hybridized carbons (Fsp3) is 0.136. The van der Waals surface area contributed by atoms with Crippen LogP contribution in [0.1, 0.15) is 12.5 Å². The van der Waals surface area contributed by atoms with E-state index in [1.807, 2.05) is 6.92 Å². The highest BCUT2D eigenvalue weighted by Crippen LogP contribution is 2.34. The Morgan fingerprint density at radius 2 is 1.84 bits per heavy atom. The van der Waals surface area contributed by atoms with Crippen LogP contribution in [0.4, 0.5) is 10.5 Å². The van der Waals surface area contributed by atoms with E-state index in [0.29, 0.717) is 12.4 Å². The minimum atomic E-state index is -0.871. The van der Waals surface area contributed by atoms with Gasteiger partial charge in [0.2, 0.25) is 0 Å². The van der Waals surface area contributed by atoms with E-state index in [9.17, 15) is 14.4 Å². The molecule has 4 amide bonds. The number of halogens is 2. The highest BCUT2D eigenvalue weighted by Gasteiger charge is 2.37. The van der Waals surface area contributed by atoms with Gasteiger partial charge in [-0.15, -0.1) is 6.42 Å². The molecule has 31 heavy (non-hydrogen) atoms. The van der Waals surface area contributed by atoms with Crippen LogP contribution in [0, 0.1) is 12.3 Å². The summed E-state index contributed by atoms with van der Waals surface area (Å²) in [6, 6.07) is 8.33. The van der Waals surface area contributed by atoms with E-state index in [-0.39, 0.29) is 39.2 Å². The maximum Gasteiger partial charge on any atom is 0.335 e. The van der Waals surface area contributed by atoms with Gasteiger partial charge in [-0.3, -0.25) is 14.9 Å². The number of carbonyl (C=O) groups is 3. The Balaban J connectivity index is 2.02. The molecule has 1 fully saturated rings. The molecule has 1 N–H and O–H groups in total. The van der Waals surface area contributed by atoms with E-state index >= 15 is 0 Å². The summed E-state index contributed by atoms with van der Waals surface area (Å²) in [6.45, 7) is 2.21. The normalized spacial score (nSPS) is 15.0. The third-order valence-electron chi connectivity index (χ3n) is 4.14. The van der Waals surface area contributed by atoms with Crippen LogP contribution in [0.2, 0.25) is 10.0 Å². The molecular formula is C22H16Cl2N2O5. The molecule has 0 unspecified atom stereocenters. The molecule has 0 saturated carbocycles. The standard InChI is InChI=1S/C22H16Cl2N2O5/c1-3-9-31-19-13(10-14(23)12-18(19)24)11-17-20(27)25-22(29)26(21(17)28)15-5-7-16(8-6-15)30-4-2/h1,5-8,10-12H,4,9H2,2H3,(H,25,27,29)/b17-11+. The number of hydrogen-bond donors (Lipinski definition) is 1. The van der Waals surface area contributed by atoms with E-state index in [2.05, 4.69) is 11.2 Å². The molecule has 158 valence electrons. The van der Waals surface area contributed by atoms with Crippen molar-refractivity contribution in [3.8, 4) is 23.8 Å². The van der Waals surface area contributed by atoms with Gasteiger partial charge < -0.3 is 9.47 Å². The number of hydrogen-bond acceptors (Lipinski definition) is 5. The van der Waals surface area contributed by atoms with Crippen molar-refractivity contribution in [1.29, 1.82) is 0 Å². The number of urea groups is 1. The summed E-state index contributed by atoms with van der Waals surface area (Å²) in [7, 11) is 0. The predicted molar refractivity (Wildman–Crippen MR) is 117 cm³/mol. The van der Waals surface area contributed by atoms with Crippen molar-refractivity contribution in [3.05, 3.63) is 57.6 Å². The van der Waals surface area contributed by atoms with Crippen molar-refractivity contribution in [3.63, 3.8) is 0 Å². The molecule has 0 atom stereocenters. The first-order valence-electron chi connectivity index (χ1n) is 9.05. The fourth-order valence-electron chi connectivity index (χ4n) is 2.86. The summed E-state index contributed by atoms with van der Waals surface area (Å²) in [4.78, 5) is 38.7. The lowest BCUT2D eigenvalue weighted by molar-refractivity contribution is -0.122. The summed E-state index contributed by atoms with van der Waals surface area (Å²) >= 11 is 12.2. The fourth-order valence-corrected chi connectivity index (χ4v) is 3.42. The third kappa shape index (κ3) is 4.82. The Bertz CT molecular complexity index is 1120. The quantitative estimate of drug-likeness (QED) is 0.400. The number of anilines is 1. The molecule has 1 aliphatic rings. The van der Waals surface area contributed by atoms with Crippen molar-refractivity contribution in [2.24, 2.45) is 0 Å². The largest absolute Gasteiger partial charge is 0.494 e. The zero-order valence-electron chi connectivity index (χ0n) is 16.3. The molecule has 1 heterocycles. The number of rotatable bonds is 6. The average molecular weight is 459 g/mol. The summed E-state index contributed by atoms with van der Waals surface area (Å²) < 4.78 is 10.8. The van der Waals surface area contributed by atoms with E-state index in [1.165, 1.54) is 30.3 Å². The molecule has 9 heteroatoms. The first kappa shape index (κ1) is 22.2. The molecule has 0 spiro atoms. The minimum Gasteiger partial charge on any atom is -0.494 e. The van der Waals surface area contributed by atoms with E-state index in [4.69, 9.17) is 39.1 Å². The molecule has 0 aliphatic carbocycles. The Morgan fingerprint density at radius 3 is 2.48 bits per heavy atom. The summed E-state index contributed by atoms with van der Waals surface area (Å²) in [5, 5.41) is 2.56. The Labute approximate surface area is 188 Å². The second-order valence-electron chi connectivity index (χ2n) is 6.18. The second kappa shape index (κ2) is 9.56. The van der Waals surface area contributed by atoms with Crippen LogP contribution < -0.4 is 19.7 Å². The molecule has 0 radical (unpaired) electrons. The third-order valence-corrected chi connectivity index (χ3v) is 4.64. The van der Waals surface area contributed by atoms with Gasteiger partial charge in [0.25, 0.3) is 11.8 Å². The van der Waals surface area contributed by atoms with Crippen molar-refractivity contribution < 1.29 is 23.9 Å². The zero-order chi connectivity index (χ0) is 22.5. The van der Waals surface area contributed by atoms with Crippen LogP contribution in [0.15, 0.2) is 42.0 Å². The van der Waals surface area contributed by atoms with Gasteiger partial charge in [-0.05, 0) is 49.4 Å². The summed E-state index contributed by atoms with van der Waals surface area (Å²) in [5.74, 6) is 1.35. The van der Waals surface area contributed by atoms with Gasteiger partial charge in [-0.25, -0.2) is 9.69 Å². The monoisotopic (exact) mass is 458 g/mol. The van der Waals surface area contributed by atoms with Crippen molar-refractivity contribution in [2.45, 2.75) is 6.92 Å². The number of amides is 4. The first-order chi connectivity index (χ1) is 14.8. The van der Waals surface area contributed by atoms with Gasteiger partial charge in [0, 0.05) is 10.6 Å². The Hall–Kier alpha value is -3.47. The molecule has 2 aromatic rings. The molecule has 2 aromatic carbocycles. The first-order valence-corrected chi connectivity index (χ1v) is 9.81. The second-order valence-corrected chi connectivity index (χ2v) is 7.03. The van der Waals surface area contributed by atoms with Gasteiger partial charge in [0.15, 0.2) is 0 Å². The highest BCUT2D eigenvalue weighted by molar-refractivity contribution is 6.40. The molecule has 3 rings (SSSR count). The molecule has 0 aromatic heterocycles. The van der Waals surface area contributed by atoms with Crippen LogP contribution in [-0.4, -0.2) is 31.1 Å². The summed E-state index contributed by atoms with van der Waals surface area (Å²) in [5.41, 5.74) is 0.210.